The van der Waals surface area contributed by atoms with E-state index in [2.05, 4.69) is 15.0 Å². The molecule has 27 heavy (non-hydrogen) atoms. The summed E-state index contributed by atoms with van der Waals surface area (Å²) in [6, 6.07) is 1.76. The Morgan fingerprint density at radius 1 is 1.33 bits per heavy atom. The molecule has 8 nitrogen and oxygen atoms in total. The number of rotatable bonds is 4. The van der Waals surface area contributed by atoms with Crippen molar-refractivity contribution in [2.45, 2.75) is 46.6 Å². The van der Waals surface area contributed by atoms with Crippen LogP contribution in [-0.4, -0.2) is 53.0 Å². The fraction of sp³-hybridized carbons (Fsp3) is 0.647. The predicted octanol–water partition coefficient (Wildman–Crippen LogP) is 2.21. The number of piperidine rings is 1. The van der Waals surface area contributed by atoms with Crippen LogP contribution in [0.1, 0.15) is 39.2 Å². The lowest BCUT2D eigenvalue weighted by atomic mass is 9.95. The molecule has 150 valence electrons. The van der Waals surface area contributed by atoms with Crippen LogP contribution in [0.5, 0.6) is 0 Å². The first-order chi connectivity index (χ1) is 12.5. The number of nitrogens with zero attached hydrogens (tertiary/aromatic N) is 5. The van der Waals surface area contributed by atoms with Gasteiger partial charge in [-0.1, -0.05) is 32.4 Å². The van der Waals surface area contributed by atoms with E-state index in [4.69, 9.17) is 16.7 Å². The zero-order chi connectivity index (χ0) is 20.0. The van der Waals surface area contributed by atoms with Crippen molar-refractivity contribution >= 4 is 33.1 Å². The Kier molecular flexibility index (Phi) is 5.42. The highest BCUT2D eigenvalue weighted by molar-refractivity contribution is 7.86. The highest BCUT2D eigenvalue weighted by Gasteiger charge is 2.34. The Morgan fingerprint density at radius 3 is 2.52 bits per heavy atom. The number of fused-ring (bicyclic) bond motifs is 1. The number of aryl methyl sites for hydroxylation is 1. The molecule has 3 rings (SSSR count). The minimum Gasteiger partial charge on any atom is -0.355 e. The molecule has 0 bridgehead atoms. The standard InChI is InChI=1S/C17H27ClN6O2S/c1-12-9-14(18)24-15(12)16(20-11-21-24)22-7-5-13(6-8-22)23(27(19,25)26)10-17(2,3)4/h9,11,13H,5-8,10H2,1-4H3,(H2,19,25,26). The van der Waals surface area contributed by atoms with Gasteiger partial charge in [-0.3, -0.25) is 0 Å². The fourth-order valence-electron chi connectivity index (χ4n) is 3.65. The highest BCUT2D eigenvalue weighted by atomic mass is 35.5. The van der Waals surface area contributed by atoms with Gasteiger partial charge < -0.3 is 4.90 Å². The number of anilines is 1. The molecule has 0 spiro atoms. The summed E-state index contributed by atoms with van der Waals surface area (Å²) in [5, 5.41) is 10.3. The second-order valence-electron chi connectivity index (χ2n) is 8.36. The van der Waals surface area contributed by atoms with Gasteiger partial charge in [0.15, 0.2) is 5.82 Å². The van der Waals surface area contributed by atoms with Gasteiger partial charge in [-0.05, 0) is 36.8 Å². The number of nitrogens with two attached hydrogens (primary N) is 1. The largest absolute Gasteiger partial charge is 0.355 e. The normalized spacial score (nSPS) is 17.2. The number of halogens is 1. The van der Waals surface area contributed by atoms with Gasteiger partial charge in [0.1, 0.15) is 17.0 Å². The van der Waals surface area contributed by atoms with Crippen molar-refractivity contribution < 1.29 is 8.42 Å². The summed E-state index contributed by atoms with van der Waals surface area (Å²) in [5.74, 6) is 0.825. The summed E-state index contributed by atoms with van der Waals surface area (Å²) in [7, 11) is -3.75. The minimum atomic E-state index is -3.75. The minimum absolute atomic E-state index is 0.107. The predicted molar refractivity (Wildman–Crippen MR) is 107 cm³/mol. The second kappa shape index (κ2) is 7.20. The second-order valence-corrected chi connectivity index (χ2v) is 10.2. The lowest BCUT2D eigenvalue weighted by molar-refractivity contribution is 0.208. The first kappa shape index (κ1) is 20.3. The van der Waals surface area contributed by atoms with Crippen LogP contribution in [0.15, 0.2) is 12.4 Å². The summed E-state index contributed by atoms with van der Waals surface area (Å²) in [4.78, 5) is 6.62. The van der Waals surface area contributed by atoms with Crippen LogP contribution in [0.4, 0.5) is 5.82 Å². The molecule has 0 radical (unpaired) electrons. The first-order valence-electron chi connectivity index (χ1n) is 9.01. The molecule has 0 amide bonds. The Hall–Kier alpha value is -1.42. The van der Waals surface area contributed by atoms with Crippen molar-refractivity contribution in [1.29, 1.82) is 0 Å². The number of hydrogen-bond acceptors (Lipinski definition) is 5. The maximum atomic E-state index is 12.1. The van der Waals surface area contributed by atoms with Gasteiger partial charge in [-0.15, -0.1) is 0 Å². The molecule has 0 saturated carbocycles. The third-order valence-corrected chi connectivity index (χ3v) is 6.16. The molecule has 1 saturated heterocycles. The molecule has 3 heterocycles. The summed E-state index contributed by atoms with van der Waals surface area (Å²) in [6.07, 6.45) is 2.88. The van der Waals surface area contributed by atoms with Gasteiger partial charge in [0, 0.05) is 25.7 Å². The Bertz CT molecular complexity index is 929. The van der Waals surface area contributed by atoms with Crippen molar-refractivity contribution in [2.75, 3.05) is 24.5 Å². The molecule has 2 aromatic rings. The molecule has 1 fully saturated rings. The van der Waals surface area contributed by atoms with E-state index in [0.717, 1.165) is 16.9 Å². The van der Waals surface area contributed by atoms with E-state index in [-0.39, 0.29) is 11.5 Å². The fourth-order valence-corrected chi connectivity index (χ4v) is 5.14. The SMILES string of the molecule is Cc1cc(Cl)n2ncnc(N3CCC(N(CC(C)(C)C)S(N)(=O)=O)CC3)c12. The van der Waals surface area contributed by atoms with Crippen molar-refractivity contribution in [3.63, 3.8) is 0 Å². The molecule has 10 heteroatoms. The van der Waals surface area contributed by atoms with E-state index in [0.29, 0.717) is 37.6 Å². The van der Waals surface area contributed by atoms with E-state index in [9.17, 15) is 8.42 Å². The monoisotopic (exact) mass is 414 g/mol. The lowest BCUT2D eigenvalue weighted by Crippen LogP contribution is -2.52. The van der Waals surface area contributed by atoms with Gasteiger partial charge in [-0.2, -0.15) is 17.8 Å². The summed E-state index contributed by atoms with van der Waals surface area (Å²) >= 11 is 6.23. The molecule has 1 aliphatic heterocycles. The van der Waals surface area contributed by atoms with Gasteiger partial charge in [0.05, 0.1) is 0 Å². The highest BCUT2D eigenvalue weighted by Crippen LogP contribution is 2.30. The first-order valence-corrected chi connectivity index (χ1v) is 10.9. The Labute approximate surface area is 165 Å². The van der Waals surface area contributed by atoms with Crippen molar-refractivity contribution in [3.8, 4) is 0 Å². The molecule has 0 aromatic carbocycles. The Morgan fingerprint density at radius 2 is 1.96 bits per heavy atom. The quantitative estimate of drug-likeness (QED) is 0.827. The van der Waals surface area contributed by atoms with E-state index in [1.807, 2.05) is 33.8 Å². The molecular formula is C17H27ClN6O2S. The third kappa shape index (κ3) is 4.37. The van der Waals surface area contributed by atoms with Crippen LogP contribution in [0.3, 0.4) is 0 Å². The van der Waals surface area contributed by atoms with E-state index in [1.165, 1.54) is 10.6 Å². The molecule has 0 aliphatic carbocycles. The Balaban J connectivity index is 1.81. The zero-order valence-electron chi connectivity index (χ0n) is 16.2. The molecule has 2 N–H and O–H groups in total. The van der Waals surface area contributed by atoms with Crippen LogP contribution in [0.2, 0.25) is 5.15 Å². The van der Waals surface area contributed by atoms with E-state index < -0.39 is 10.2 Å². The third-order valence-electron chi connectivity index (χ3n) is 4.81. The van der Waals surface area contributed by atoms with Gasteiger partial charge in [0.2, 0.25) is 0 Å². The summed E-state index contributed by atoms with van der Waals surface area (Å²) in [6.45, 7) is 9.80. The average Bonchev–Trinajstić information content (AvgIpc) is 2.86. The van der Waals surface area contributed by atoms with Crippen molar-refractivity contribution in [3.05, 3.63) is 23.1 Å². The van der Waals surface area contributed by atoms with Crippen molar-refractivity contribution in [2.24, 2.45) is 10.6 Å². The molecule has 1 aliphatic rings. The van der Waals surface area contributed by atoms with Crippen LogP contribution in [0, 0.1) is 12.3 Å². The lowest BCUT2D eigenvalue weighted by Gasteiger charge is -2.39. The van der Waals surface area contributed by atoms with Gasteiger partial charge in [-0.25, -0.2) is 14.6 Å². The molecule has 0 atom stereocenters. The maximum absolute atomic E-state index is 12.1. The van der Waals surface area contributed by atoms with Crippen LogP contribution in [0.25, 0.3) is 5.52 Å². The van der Waals surface area contributed by atoms with Crippen LogP contribution < -0.4 is 10.0 Å². The van der Waals surface area contributed by atoms with Crippen LogP contribution >= 0.6 is 11.6 Å². The van der Waals surface area contributed by atoms with Crippen molar-refractivity contribution in [1.82, 2.24) is 18.9 Å². The average molecular weight is 415 g/mol. The molecule has 0 unspecified atom stereocenters. The van der Waals surface area contributed by atoms with Crippen LogP contribution in [-0.2, 0) is 10.2 Å². The smallest absolute Gasteiger partial charge is 0.277 e. The molecule has 2 aromatic heterocycles. The van der Waals surface area contributed by atoms with E-state index in [1.54, 1.807) is 4.52 Å². The topological polar surface area (TPSA) is 96.8 Å². The number of aromatic nitrogens is 3. The maximum Gasteiger partial charge on any atom is 0.277 e. The summed E-state index contributed by atoms with van der Waals surface area (Å²) < 4.78 is 27.4. The molecular weight excluding hydrogens is 388 g/mol. The van der Waals surface area contributed by atoms with Gasteiger partial charge >= 0.3 is 0 Å². The zero-order valence-corrected chi connectivity index (χ0v) is 17.8. The van der Waals surface area contributed by atoms with Gasteiger partial charge in [0.25, 0.3) is 10.2 Å². The number of hydrogen-bond donors (Lipinski definition) is 1. The summed E-state index contributed by atoms with van der Waals surface area (Å²) in [5.41, 5.74) is 1.73. The van der Waals surface area contributed by atoms with E-state index >= 15 is 0 Å².